The Hall–Kier alpha value is -0.480. The van der Waals surface area contributed by atoms with Crippen LogP contribution in [0.3, 0.4) is 0 Å². The lowest BCUT2D eigenvalue weighted by Gasteiger charge is -2.05. The van der Waals surface area contributed by atoms with Gasteiger partial charge in [-0.05, 0) is 17.7 Å². The molecule has 1 amide bonds. The molecule has 0 fully saturated rings. The molecule has 0 radical (unpaired) electrons. The molecule has 1 atom stereocenters. The van der Waals surface area contributed by atoms with Crippen LogP contribution in [0.2, 0.25) is 0 Å². The van der Waals surface area contributed by atoms with Gasteiger partial charge in [0.05, 0.1) is 0 Å². The van der Waals surface area contributed by atoms with Gasteiger partial charge in [0.2, 0.25) is 5.91 Å². The minimum atomic E-state index is -0.264. The third kappa shape index (κ3) is 1.97. The molecule has 1 unspecified atom stereocenters. The third-order valence-corrected chi connectivity index (χ3v) is 3.34. The van der Waals surface area contributed by atoms with Crippen LogP contribution in [0.5, 0.6) is 0 Å². The summed E-state index contributed by atoms with van der Waals surface area (Å²) in [6.45, 7) is 0. The van der Waals surface area contributed by atoms with Gasteiger partial charge in [0.15, 0.2) is 0 Å². The fraction of sp³-hybridized carbons (Fsp3) is 0.286. The average molecular weight is 187 g/mol. The maximum atomic E-state index is 10.8. The van der Waals surface area contributed by atoms with Gasteiger partial charge in [0, 0.05) is 4.88 Å². The maximum Gasteiger partial charge on any atom is 0.235 e. The van der Waals surface area contributed by atoms with Gasteiger partial charge in [0.25, 0.3) is 0 Å². The molecule has 1 heterocycles. The topological polar surface area (TPSA) is 43.1 Å². The van der Waals surface area contributed by atoms with Crippen molar-refractivity contribution in [2.75, 3.05) is 6.26 Å². The highest BCUT2D eigenvalue weighted by Crippen LogP contribution is 2.29. The van der Waals surface area contributed by atoms with Gasteiger partial charge in [-0.1, -0.05) is 6.07 Å². The van der Waals surface area contributed by atoms with Crippen molar-refractivity contribution in [3.63, 3.8) is 0 Å². The van der Waals surface area contributed by atoms with E-state index in [0.29, 0.717) is 0 Å². The maximum absolute atomic E-state index is 10.8. The first-order chi connectivity index (χ1) is 5.25. The van der Waals surface area contributed by atoms with Crippen LogP contribution in [0.4, 0.5) is 0 Å². The van der Waals surface area contributed by atoms with Crippen LogP contribution >= 0.6 is 23.1 Å². The smallest absolute Gasteiger partial charge is 0.235 e. The molecule has 60 valence electrons. The second-order valence-corrected chi connectivity index (χ2v) is 3.96. The molecule has 4 heteroatoms. The Kier molecular flexibility index (Phi) is 2.96. The molecule has 1 rings (SSSR count). The van der Waals surface area contributed by atoms with Crippen molar-refractivity contribution in [1.82, 2.24) is 0 Å². The number of rotatable bonds is 3. The number of nitrogens with two attached hydrogens (primary N) is 1. The summed E-state index contributed by atoms with van der Waals surface area (Å²) in [5, 5.41) is 1.77. The fourth-order valence-corrected chi connectivity index (χ4v) is 2.52. The number of thiophene rings is 1. The van der Waals surface area contributed by atoms with Gasteiger partial charge in [-0.2, -0.15) is 0 Å². The molecule has 0 saturated carbocycles. The summed E-state index contributed by atoms with van der Waals surface area (Å²) >= 11 is 3.03. The lowest BCUT2D eigenvalue weighted by Crippen LogP contribution is -2.17. The van der Waals surface area contributed by atoms with Crippen LogP contribution in [0.25, 0.3) is 0 Å². The van der Waals surface area contributed by atoms with E-state index < -0.39 is 0 Å². The van der Waals surface area contributed by atoms with Crippen LogP contribution in [-0.4, -0.2) is 12.2 Å². The van der Waals surface area contributed by atoms with E-state index in [1.165, 1.54) is 11.8 Å². The van der Waals surface area contributed by atoms with Crippen molar-refractivity contribution in [2.45, 2.75) is 5.25 Å². The lowest BCUT2D eigenvalue weighted by molar-refractivity contribution is -0.117. The van der Waals surface area contributed by atoms with Crippen molar-refractivity contribution in [3.8, 4) is 0 Å². The van der Waals surface area contributed by atoms with E-state index in [-0.39, 0.29) is 11.2 Å². The number of amides is 1. The molecule has 1 aromatic heterocycles. The molecule has 2 nitrogen and oxygen atoms in total. The van der Waals surface area contributed by atoms with E-state index in [2.05, 4.69) is 0 Å². The highest BCUT2D eigenvalue weighted by Gasteiger charge is 2.16. The summed E-state index contributed by atoms with van der Waals surface area (Å²) in [5.41, 5.74) is 5.19. The third-order valence-electron chi connectivity index (χ3n) is 1.30. The van der Waals surface area contributed by atoms with Crippen molar-refractivity contribution in [2.24, 2.45) is 5.73 Å². The number of thioether (sulfide) groups is 1. The van der Waals surface area contributed by atoms with Gasteiger partial charge in [0.1, 0.15) is 5.25 Å². The summed E-state index contributed by atoms with van der Waals surface area (Å²) in [7, 11) is 0. The highest BCUT2D eigenvalue weighted by molar-refractivity contribution is 7.99. The number of primary amides is 1. The second kappa shape index (κ2) is 3.78. The van der Waals surface area contributed by atoms with E-state index in [9.17, 15) is 4.79 Å². The van der Waals surface area contributed by atoms with Crippen LogP contribution in [0, 0.1) is 0 Å². The normalized spacial score (nSPS) is 12.8. The summed E-state index contributed by atoms with van der Waals surface area (Å²) in [5.74, 6) is -0.264. The molecular weight excluding hydrogens is 178 g/mol. The Morgan fingerprint density at radius 1 is 1.82 bits per heavy atom. The van der Waals surface area contributed by atoms with Crippen LogP contribution in [0.1, 0.15) is 10.1 Å². The Balaban J connectivity index is 2.79. The summed E-state index contributed by atoms with van der Waals surface area (Å²) < 4.78 is 0. The highest BCUT2D eigenvalue weighted by atomic mass is 32.2. The first-order valence-corrected chi connectivity index (χ1v) is 5.28. The molecule has 0 bridgehead atoms. The van der Waals surface area contributed by atoms with Crippen molar-refractivity contribution in [3.05, 3.63) is 22.4 Å². The number of carbonyl (C=O) groups is 1. The standard InChI is InChI=1S/C7H9NOS2/c1-10-6(7(8)9)5-3-2-4-11-5/h2-4,6H,1H3,(H2,8,9). The van der Waals surface area contributed by atoms with Gasteiger partial charge in [-0.25, -0.2) is 0 Å². The number of hydrogen-bond acceptors (Lipinski definition) is 3. The fourth-order valence-electron chi connectivity index (χ4n) is 0.813. The zero-order valence-corrected chi connectivity index (χ0v) is 7.74. The lowest BCUT2D eigenvalue weighted by atomic mass is 10.3. The Labute approximate surface area is 73.8 Å². The molecule has 0 aliphatic rings. The molecule has 0 saturated heterocycles. The molecule has 0 aliphatic heterocycles. The molecule has 0 aliphatic carbocycles. The zero-order valence-electron chi connectivity index (χ0n) is 6.11. The monoisotopic (exact) mass is 187 g/mol. The van der Waals surface area contributed by atoms with Crippen LogP contribution in [0.15, 0.2) is 17.5 Å². The van der Waals surface area contributed by atoms with Crippen LogP contribution < -0.4 is 5.73 Å². The second-order valence-electron chi connectivity index (χ2n) is 2.03. The summed E-state index contributed by atoms with van der Waals surface area (Å²) in [6, 6.07) is 3.85. The molecular formula is C7H9NOS2. The van der Waals surface area contributed by atoms with E-state index >= 15 is 0 Å². The Morgan fingerprint density at radius 3 is 2.91 bits per heavy atom. The average Bonchev–Trinajstić information content (AvgIpc) is 2.40. The van der Waals surface area contributed by atoms with Crippen molar-refractivity contribution >= 4 is 29.0 Å². The minimum Gasteiger partial charge on any atom is -0.368 e. The number of hydrogen-bond donors (Lipinski definition) is 1. The van der Waals surface area contributed by atoms with Gasteiger partial charge >= 0.3 is 0 Å². The Morgan fingerprint density at radius 2 is 2.55 bits per heavy atom. The first-order valence-electron chi connectivity index (χ1n) is 3.11. The van der Waals surface area contributed by atoms with E-state index in [0.717, 1.165) is 4.88 Å². The Bertz CT molecular complexity index is 233. The van der Waals surface area contributed by atoms with E-state index in [1.807, 2.05) is 23.8 Å². The predicted octanol–water partition coefficient (Wildman–Crippen LogP) is 1.64. The quantitative estimate of drug-likeness (QED) is 0.781. The zero-order chi connectivity index (χ0) is 8.27. The molecule has 11 heavy (non-hydrogen) atoms. The van der Waals surface area contributed by atoms with Crippen molar-refractivity contribution < 1.29 is 4.79 Å². The SMILES string of the molecule is CSC(C(N)=O)c1cccs1. The molecule has 2 N–H and O–H groups in total. The largest absolute Gasteiger partial charge is 0.368 e. The minimum absolute atomic E-state index is 0.171. The first kappa shape index (κ1) is 8.62. The van der Waals surface area contributed by atoms with Crippen LogP contribution in [-0.2, 0) is 4.79 Å². The summed E-state index contributed by atoms with van der Waals surface area (Å²) in [6.07, 6.45) is 1.88. The predicted molar refractivity (Wildman–Crippen MR) is 49.8 cm³/mol. The van der Waals surface area contributed by atoms with Gasteiger partial charge in [-0.3, -0.25) is 4.79 Å². The summed E-state index contributed by atoms with van der Waals surface area (Å²) in [4.78, 5) is 11.9. The van der Waals surface area contributed by atoms with E-state index in [4.69, 9.17) is 5.73 Å². The molecule has 0 spiro atoms. The van der Waals surface area contributed by atoms with E-state index in [1.54, 1.807) is 11.3 Å². The van der Waals surface area contributed by atoms with Crippen molar-refractivity contribution in [1.29, 1.82) is 0 Å². The molecule has 1 aromatic rings. The number of carbonyl (C=O) groups excluding carboxylic acids is 1. The van der Waals surface area contributed by atoms with Gasteiger partial charge < -0.3 is 5.73 Å². The van der Waals surface area contributed by atoms with Gasteiger partial charge in [-0.15, -0.1) is 23.1 Å². The molecule has 0 aromatic carbocycles.